The molecule has 0 aliphatic heterocycles. The molecule has 3 heteroatoms. The highest BCUT2D eigenvalue weighted by Gasteiger charge is 2.35. The Balaban J connectivity index is 3.12. The highest BCUT2D eigenvalue weighted by atomic mass is 15.2. The van der Waals surface area contributed by atoms with Crippen LogP contribution in [0.4, 0.5) is 0 Å². The molecule has 0 bridgehead atoms. The molecular weight excluding hydrogens is 222 g/mol. The topological polar surface area (TPSA) is 28.2 Å². The number of nitrogens with zero attached hydrogens (tertiary/aromatic N) is 2. The molecule has 0 saturated carbocycles. The number of rotatable bonds is 6. The predicted octanol–water partition coefficient (Wildman–Crippen LogP) is 2.77. The lowest BCUT2D eigenvalue weighted by molar-refractivity contribution is 0.113. The van der Waals surface area contributed by atoms with Gasteiger partial charge in [-0.3, -0.25) is 4.98 Å². The first kappa shape index (κ1) is 15.1. The molecule has 0 spiro atoms. The summed E-state index contributed by atoms with van der Waals surface area (Å²) in [6.07, 6.45) is 3.09. The number of likely N-dealkylation sites (N-methyl/N-ethyl adjacent to an activating group) is 2. The number of aryl methyl sites for hydroxylation is 1. The fourth-order valence-corrected chi connectivity index (χ4v) is 2.33. The van der Waals surface area contributed by atoms with Gasteiger partial charge in [-0.25, -0.2) is 0 Å². The van der Waals surface area contributed by atoms with Gasteiger partial charge < -0.3 is 10.2 Å². The van der Waals surface area contributed by atoms with Gasteiger partial charge in [0.05, 0.1) is 6.04 Å². The number of aromatic nitrogens is 1. The fraction of sp³-hybridized carbons (Fsp3) is 0.667. The Labute approximate surface area is 112 Å². The maximum atomic E-state index is 4.43. The predicted molar refractivity (Wildman–Crippen MR) is 77.8 cm³/mol. The second-order valence-electron chi connectivity index (χ2n) is 5.33. The van der Waals surface area contributed by atoms with Crippen molar-refractivity contribution in [2.45, 2.75) is 45.7 Å². The third kappa shape index (κ3) is 3.09. The quantitative estimate of drug-likeness (QED) is 0.840. The van der Waals surface area contributed by atoms with Crippen molar-refractivity contribution in [3.05, 3.63) is 29.6 Å². The molecule has 1 rings (SSSR count). The van der Waals surface area contributed by atoms with Crippen molar-refractivity contribution in [2.24, 2.45) is 0 Å². The van der Waals surface area contributed by atoms with Crippen LogP contribution in [0, 0.1) is 6.92 Å². The molecule has 0 amide bonds. The van der Waals surface area contributed by atoms with E-state index in [0.29, 0.717) is 6.04 Å². The largest absolute Gasteiger partial charge is 0.309 e. The van der Waals surface area contributed by atoms with Crippen LogP contribution < -0.4 is 5.32 Å². The molecule has 1 aromatic heterocycles. The van der Waals surface area contributed by atoms with Gasteiger partial charge in [0.15, 0.2) is 0 Å². The Hall–Kier alpha value is -0.930. The Morgan fingerprint density at radius 2 is 2.00 bits per heavy atom. The van der Waals surface area contributed by atoms with E-state index in [0.717, 1.165) is 18.7 Å². The van der Waals surface area contributed by atoms with Crippen molar-refractivity contribution in [2.75, 3.05) is 20.6 Å². The summed E-state index contributed by atoms with van der Waals surface area (Å²) in [6, 6.07) is 4.58. The van der Waals surface area contributed by atoms with Crippen LogP contribution in [0.25, 0.3) is 0 Å². The van der Waals surface area contributed by atoms with E-state index in [2.05, 4.69) is 62.2 Å². The smallest absolute Gasteiger partial charge is 0.0519 e. The standard InChI is InChI=1S/C15H27N3/c1-7-15(4,18(5)6)14(16-8-2)13-10-9-12(3)17-11-13/h9-11,14,16H,7-8H2,1-6H3. The normalized spacial score (nSPS) is 16.6. The second kappa shape index (κ2) is 6.30. The third-order valence-corrected chi connectivity index (χ3v) is 4.04. The first-order valence-corrected chi connectivity index (χ1v) is 6.79. The minimum Gasteiger partial charge on any atom is -0.309 e. The minimum absolute atomic E-state index is 0.0902. The summed E-state index contributed by atoms with van der Waals surface area (Å²) in [5.74, 6) is 0. The van der Waals surface area contributed by atoms with Crippen molar-refractivity contribution < 1.29 is 0 Å². The van der Waals surface area contributed by atoms with Crippen molar-refractivity contribution in [3.63, 3.8) is 0 Å². The van der Waals surface area contributed by atoms with Crippen LogP contribution in [0.3, 0.4) is 0 Å². The molecule has 1 aromatic rings. The van der Waals surface area contributed by atoms with E-state index in [1.807, 2.05) is 13.1 Å². The summed E-state index contributed by atoms with van der Waals surface area (Å²) in [5, 5.41) is 3.61. The SMILES string of the molecule is CCNC(c1ccc(C)nc1)C(C)(CC)N(C)C. The monoisotopic (exact) mass is 249 g/mol. The van der Waals surface area contributed by atoms with Crippen LogP contribution in [0.2, 0.25) is 0 Å². The van der Waals surface area contributed by atoms with E-state index in [9.17, 15) is 0 Å². The molecule has 1 heterocycles. The minimum atomic E-state index is 0.0902. The second-order valence-corrected chi connectivity index (χ2v) is 5.33. The van der Waals surface area contributed by atoms with Crippen LogP contribution in [-0.2, 0) is 0 Å². The summed E-state index contributed by atoms with van der Waals surface area (Å²) >= 11 is 0. The lowest BCUT2D eigenvalue weighted by Gasteiger charge is -2.43. The van der Waals surface area contributed by atoms with E-state index in [-0.39, 0.29) is 5.54 Å². The number of hydrogen-bond acceptors (Lipinski definition) is 3. The van der Waals surface area contributed by atoms with Crippen LogP contribution in [0.5, 0.6) is 0 Å². The Kier molecular flexibility index (Phi) is 5.29. The van der Waals surface area contributed by atoms with Crippen molar-refractivity contribution in [1.82, 2.24) is 15.2 Å². The van der Waals surface area contributed by atoms with Gasteiger partial charge in [0, 0.05) is 17.4 Å². The summed E-state index contributed by atoms with van der Waals surface area (Å²) in [6.45, 7) is 9.69. The maximum Gasteiger partial charge on any atom is 0.0519 e. The zero-order chi connectivity index (χ0) is 13.8. The van der Waals surface area contributed by atoms with Gasteiger partial charge in [0.2, 0.25) is 0 Å². The van der Waals surface area contributed by atoms with Crippen LogP contribution in [-0.4, -0.2) is 36.1 Å². The van der Waals surface area contributed by atoms with E-state index < -0.39 is 0 Å². The average molecular weight is 249 g/mol. The molecule has 0 radical (unpaired) electrons. The average Bonchev–Trinajstić information content (AvgIpc) is 2.36. The van der Waals surface area contributed by atoms with Crippen LogP contribution >= 0.6 is 0 Å². The number of pyridine rings is 1. The molecular formula is C15H27N3. The molecule has 3 nitrogen and oxygen atoms in total. The lowest BCUT2D eigenvalue weighted by atomic mass is 9.84. The Bertz CT molecular complexity index is 359. The van der Waals surface area contributed by atoms with Crippen molar-refractivity contribution in [1.29, 1.82) is 0 Å². The lowest BCUT2D eigenvalue weighted by Crippen LogP contribution is -2.51. The summed E-state index contributed by atoms with van der Waals surface area (Å²) < 4.78 is 0. The van der Waals surface area contributed by atoms with E-state index >= 15 is 0 Å². The molecule has 0 aliphatic rings. The number of nitrogens with one attached hydrogen (secondary N) is 1. The van der Waals surface area contributed by atoms with Gasteiger partial charge in [0.25, 0.3) is 0 Å². The van der Waals surface area contributed by atoms with Crippen LogP contribution in [0.1, 0.15) is 44.5 Å². The van der Waals surface area contributed by atoms with Gasteiger partial charge in [0.1, 0.15) is 0 Å². The maximum absolute atomic E-state index is 4.43. The van der Waals surface area contributed by atoms with Gasteiger partial charge in [-0.15, -0.1) is 0 Å². The molecule has 0 aliphatic carbocycles. The summed E-state index contributed by atoms with van der Waals surface area (Å²) in [5.41, 5.74) is 2.42. The van der Waals surface area contributed by atoms with Gasteiger partial charge >= 0.3 is 0 Å². The van der Waals surface area contributed by atoms with Gasteiger partial charge in [-0.1, -0.05) is 19.9 Å². The molecule has 2 unspecified atom stereocenters. The van der Waals surface area contributed by atoms with Crippen molar-refractivity contribution >= 4 is 0 Å². The highest BCUT2D eigenvalue weighted by Crippen LogP contribution is 2.32. The molecule has 0 fully saturated rings. The third-order valence-electron chi connectivity index (χ3n) is 4.04. The first-order valence-electron chi connectivity index (χ1n) is 6.79. The molecule has 0 aromatic carbocycles. The van der Waals surface area contributed by atoms with Crippen molar-refractivity contribution in [3.8, 4) is 0 Å². The molecule has 2 atom stereocenters. The zero-order valence-corrected chi connectivity index (χ0v) is 12.6. The highest BCUT2D eigenvalue weighted by molar-refractivity contribution is 5.21. The molecule has 0 saturated heterocycles. The number of hydrogen-bond donors (Lipinski definition) is 1. The van der Waals surface area contributed by atoms with E-state index in [1.165, 1.54) is 5.56 Å². The Morgan fingerprint density at radius 3 is 2.39 bits per heavy atom. The summed E-state index contributed by atoms with van der Waals surface area (Å²) in [4.78, 5) is 6.74. The molecule has 18 heavy (non-hydrogen) atoms. The van der Waals surface area contributed by atoms with E-state index in [1.54, 1.807) is 0 Å². The van der Waals surface area contributed by atoms with Gasteiger partial charge in [-0.05, 0) is 52.5 Å². The fourth-order valence-electron chi connectivity index (χ4n) is 2.33. The first-order chi connectivity index (χ1) is 8.45. The Morgan fingerprint density at radius 1 is 1.33 bits per heavy atom. The summed E-state index contributed by atoms with van der Waals surface area (Å²) in [7, 11) is 4.30. The molecule has 1 N–H and O–H groups in total. The van der Waals surface area contributed by atoms with Crippen LogP contribution in [0.15, 0.2) is 18.3 Å². The van der Waals surface area contributed by atoms with E-state index in [4.69, 9.17) is 0 Å². The molecule has 102 valence electrons. The zero-order valence-electron chi connectivity index (χ0n) is 12.6. The van der Waals surface area contributed by atoms with Gasteiger partial charge in [-0.2, -0.15) is 0 Å².